The molecule has 0 atom stereocenters. The highest BCUT2D eigenvalue weighted by molar-refractivity contribution is 7.17. The number of halogens is 2. The van der Waals surface area contributed by atoms with Crippen LogP contribution in [0.5, 0.6) is 0 Å². The number of hydrogen-bond acceptors (Lipinski definition) is 6. The fourth-order valence-corrected chi connectivity index (χ4v) is 6.84. The summed E-state index contributed by atoms with van der Waals surface area (Å²) in [6, 6.07) is 19.7. The van der Waals surface area contributed by atoms with Gasteiger partial charge in [0.05, 0.1) is 22.7 Å². The predicted molar refractivity (Wildman–Crippen MR) is 166 cm³/mol. The molecule has 44 heavy (non-hydrogen) atoms. The molecule has 3 amide bonds. The van der Waals surface area contributed by atoms with Crippen LogP contribution in [0.15, 0.2) is 72.9 Å². The Morgan fingerprint density at radius 2 is 1.75 bits per heavy atom. The van der Waals surface area contributed by atoms with E-state index >= 15 is 0 Å². The van der Waals surface area contributed by atoms with E-state index in [0.29, 0.717) is 29.1 Å². The Balaban J connectivity index is 1.08. The highest BCUT2D eigenvalue weighted by Gasteiger charge is 2.40. The van der Waals surface area contributed by atoms with Crippen molar-refractivity contribution in [1.82, 2.24) is 10.3 Å². The topological polar surface area (TPSA) is 94.6 Å². The average Bonchev–Trinajstić information content (AvgIpc) is 3.66. The Morgan fingerprint density at radius 1 is 0.955 bits per heavy atom. The number of aromatic nitrogens is 1. The molecule has 2 N–H and O–H groups in total. The van der Waals surface area contributed by atoms with Gasteiger partial charge < -0.3 is 20.4 Å². The van der Waals surface area contributed by atoms with Gasteiger partial charge in [-0.25, -0.2) is 13.8 Å². The van der Waals surface area contributed by atoms with Crippen molar-refractivity contribution in [2.45, 2.75) is 37.6 Å². The molecule has 4 aromatic rings. The smallest absolute Gasteiger partial charge is 0.266 e. The van der Waals surface area contributed by atoms with Crippen LogP contribution in [-0.4, -0.2) is 54.3 Å². The van der Waals surface area contributed by atoms with Gasteiger partial charge >= 0.3 is 0 Å². The Kier molecular flexibility index (Phi) is 7.12. The predicted octanol–water partition coefficient (Wildman–Crippen LogP) is 6.00. The van der Waals surface area contributed by atoms with Crippen LogP contribution >= 0.6 is 11.3 Å². The third kappa shape index (κ3) is 5.55. The second-order valence-electron chi connectivity index (χ2n) is 11.4. The quantitative estimate of drug-likeness (QED) is 0.278. The minimum atomic E-state index is -2.82. The van der Waals surface area contributed by atoms with E-state index in [-0.39, 0.29) is 42.2 Å². The first-order chi connectivity index (χ1) is 21.3. The molecular weight excluding hydrogens is 584 g/mol. The molecule has 2 aromatic carbocycles. The van der Waals surface area contributed by atoms with Crippen molar-refractivity contribution in [3.63, 3.8) is 0 Å². The summed E-state index contributed by atoms with van der Waals surface area (Å²) in [6.45, 7) is 0.0807. The molecular formula is C33H29F2N5O3S. The van der Waals surface area contributed by atoms with Gasteiger partial charge in [-0.1, -0.05) is 18.2 Å². The molecule has 8 nitrogen and oxygen atoms in total. The van der Waals surface area contributed by atoms with Gasteiger partial charge in [-0.3, -0.25) is 14.4 Å². The number of nitrogens with one attached hydrogen (secondary N) is 2. The molecule has 4 heterocycles. The Hall–Kier alpha value is -4.64. The van der Waals surface area contributed by atoms with E-state index in [0.717, 1.165) is 34.5 Å². The van der Waals surface area contributed by atoms with E-state index < -0.39 is 18.4 Å². The average molecular weight is 614 g/mol. The molecule has 0 radical (unpaired) electrons. The van der Waals surface area contributed by atoms with Crippen molar-refractivity contribution < 1.29 is 23.2 Å². The minimum Gasteiger partial charge on any atom is -0.350 e. The zero-order valence-corrected chi connectivity index (χ0v) is 24.5. The van der Waals surface area contributed by atoms with Crippen LogP contribution in [-0.2, 0) is 6.42 Å². The molecule has 0 spiro atoms. The highest BCUT2D eigenvalue weighted by atomic mass is 32.1. The monoisotopic (exact) mass is 613 g/mol. The van der Waals surface area contributed by atoms with Gasteiger partial charge in [0.1, 0.15) is 5.82 Å². The number of para-hydroxylation sites is 1. The zero-order valence-electron chi connectivity index (χ0n) is 23.7. The fraction of sp³-hybridized carbons (Fsp3) is 0.273. The fourth-order valence-electron chi connectivity index (χ4n) is 5.70. The Labute approximate surface area is 256 Å². The van der Waals surface area contributed by atoms with Gasteiger partial charge in [-0.15, -0.1) is 11.3 Å². The summed E-state index contributed by atoms with van der Waals surface area (Å²) >= 11 is 1.46. The maximum atomic E-state index is 13.8. The number of fused-ring (bicyclic) bond motifs is 3. The number of pyridine rings is 1. The number of alkyl halides is 2. The van der Waals surface area contributed by atoms with E-state index in [1.165, 1.54) is 22.4 Å². The van der Waals surface area contributed by atoms with Gasteiger partial charge in [0, 0.05) is 53.4 Å². The first-order valence-electron chi connectivity index (χ1n) is 14.6. The van der Waals surface area contributed by atoms with Gasteiger partial charge in [0.25, 0.3) is 23.6 Å². The summed E-state index contributed by atoms with van der Waals surface area (Å²) in [7, 11) is 0. The van der Waals surface area contributed by atoms with Crippen LogP contribution in [0.25, 0.3) is 10.4 Å². The van der Waals surface area contributed by atoms with Crippen LogP contribution in [0.3, 0.4) is 0 Å². The van der Waals surface area contributed by atoms with E-state index in [9.17, 15) is 23.2 Å². The van der Waals surface area contributed by atoms with Crippen molar-refractivity contribution in [2.24, 2.45) is 0 Å². The van der Waals surface area contributed by atoms with Crippen LogP contribution < -0.4 is 20.4 Å². The van der Waals surface area contributed by atoms with E-state index in [2.05, 4.69) is 15.6 Å². The SMILES string of the molecule is O=C(NC1CC1)c1cc2c(s1)-c1ccccc1N(C(=O)c1ccc(NC(=O)c3cccnc3N3CCC(F)(F)C3)cc1)CC2. The zero-order chi connectivity index (χ0) is 30.4. The molecule has 7 rings (SSSR count). The number of amides is 3. The van der Waals surface area contributed by atoms with Gasteiger partial charge in [-0.2, -0.15) is 0 Å². The molecule has 3 aliphatic rings. The third-order valence-corrected chi connectivity index (χ3v) is 9.33. The molecule has 2 aliphatic heterocycles. The summed E-state index contributed by atoms with van der Waals surface area (Å²) in [4.78, 5) is 48.7. The van der Waals surface area contributed by atoms with E-state index in [1.54, 1.807) is 41.3 Å². The molecule has 11 heteroatoms. The largest absolute Gasteiger partial charge is 0.350 e. The molecule has 0 bridgehead atoms. The van der Waals surface area contributed by atoms with E-state index in [4.69, 9.17) is 0 Å². The molecule has 0 unspecified atom stereocenters. The molecule has 224 valence electrons. The number of benzene rings is 2. The summed E-state index contributed by atoms with van der Waals surface area (Å²) < 4.78 is 27.6. The first kappa shape index (κ1) is 28.1. The number of carbonyl (C=O) groups excluding carboxylic acids is 3. The summed E-state index contributed by atoms with van der Waals surface area (Å²) in [5.74, 6) is -3.29. The van der Waals surface area contributed by atoms with Crippen LogP contribution in [0.1, 0.15) is 55.2 Å². The summed E-state index contributed by atoms with van der Waals surface area (Å²) in [5.41, 5.74) is 3.85. The Bertz CT molecular complexity index is 1770. The van der Waals surface area contributed by atoms with Crippen molar-refractivity contribution in [3.8, 4) is 10.4 Å². The normalized spacial score (nSPS) is 17.0. The van der Waals surface area contributed by atoms with Crippen molar-refractivity contribution in [2.75, 3.05) is 34.8 Å². The number of hydrogen-bond donors (Lipinski definition) is 2. The van der Waals surface area contributed by atoms with Crippen LogP contribution in [0.2, 0.25) is 0 Å². The second kappa shape index (κ2) is 11.1. The van der Waals surface area contributed by atoms with E-state index in [1.807, 2.05) is 30.3 Å². The number of anilines is 3. The maximum absolute atomic E-state index is 13.8. The lowest BCUT2D eigenvalue weighted by molar-refractivity contribution is 0.0256. The number of nitrogens with zero attached hydrogens (tertiary/aromatic N) is 3. The summed E-state index contributed by atoms with van der Waals surface area (Å²) in [5, 5.41) is 5.86. The van der Waals surface area contributed by atoms with Crippen molar-refractivity contribution in [1.29, 1.82) is 0 Å². The lowest BCUT2D eigenvalue weighted by Gasteiger charge is -2.23. The molecule has 1 saturated heterocycles. The number of thiophene rings is 1. The Morgan fingerprint density at radius 3 is 2.50 bits per heavy atom. The molecule has 1 aliphatic carbocycles. The third-order valence-electron chi connectivity index (χ3n) is 8.12. The molecule has 2 aromatic heterocycles. The summed E-state index contributed by atoms with van der Waals surface area (Å²) in [6.07, 6.45) is 3.85. The highest BCUT2D eigenvalue weighted by Crippen LogP contribution is 2.42. The van der Waals surface area contributed by atoms with Gasteiger partial charge in [0.15, 0.2) is 0 Å². The lowest BCUT2D eigenvalue weighted by atomic mass is 10.1. The lowest BCUT2D eigenvalue weighted by Crippen LogP contribution is -2.32. The van der Waals surface area contributed by atoms with Crippen LogP contribution in [0, 0.1) is 0 Å². The first-order valence-corrected chi connectivity index (χ1v) is 15.4. The van der Waals surface area contributed by atoms with Crippen molar-refractivity contribution >= 4 is 46.3 Å². The molecule has 2 fully saturated rings. The van der Waals surface area contributed by atoms with Gasteiger partial charge in [-0.05, 0) is 73.4 Å². The second-order valence-corrected chi connectivity index (χ2v) is 12.4. The van der Waals surface area contributed by atoms with Crippen LogP contribution in [0.4, 0.5) is 26.0 Å². The number of rotatable bonds is 6. The maximum Gasteiger partial charge on any atom is 0.266 e. The van der Waals surface area contributed by atoms with Gasteiger partial charge in [0.2, 0.25) is 0 Å². The molecule has 1 saturated carbocycles. The van der Waals surface area contributed by atoms with Crippen molar-refractivity contribution in [3.05, 3.63) is 94.5 Å². The standard InChI is InChI=1S/C33H29F2N5O3S/c34-33(35)14-17-39(19-33)29-25(5-3-15-36-29)30(41)37-22-9-7-20(8-10-22)32(43)40-16-13-21-18-27(31(42)38-23-11-12-23)44-28(21)24-4-1-2-6-26(24)40/h1-10,15,18,23H,11-14,16-17,19H2,(H,37,41)(H,38,42). The minimum absolute atomic E-state index is 0.0412. The number of carbonyl (C=O) groups is 3.